The molecular weight excluding hydrogens is 395 g/mol. The van der Waals surface area contributed by atoms with Gasteiger partial charge in [0.15, 0.2) is 5.96 Å². The molecule has 0 aromatic rings. The molecule has 0 unspecified atom stereocenters. The van der Waals surface area contributed by atoms with E-state index in [1.165, 1.54) is 50.3 Å². The Kier molecular flexibility index (Phi) is 8.83. The fourth-order valence-electron chi connectivity index (χ4n) is 3.28. The highest BCUT2D eigenvalue weighted by Crippen LogP contribution is 2.36. The number of nitrogens with one attached hydrogen (secondary N) is 2. The van der Waals surface area contributed by atoms with Crippen molar-refractivity contribution >= 4 is 41.7 Å². The van der Waals surface area contributed by atoms with Crippen molar-refractivity contribution in [2.75, 3.05) is 44.7 Å². The van der Waals surface area contributed by atoms with Crippen LogP contribution in [0.4, 0.5) is 0 Å². The molecule has 0 aromatic heterocycles. The summed E-state index contributed by atoms with van der Waals surface area (Å²) < 4.78 is 0. The van der Waals surface area contributed by atoms with E-state index in [0.717, 1.165) is 12.5 Å². The maximum Gasteiger partial charge on any atom is 0.191 e. The van der Waals surface area contributed by atoms with Gasteiger partial charge in [-0.15, -0.1) is 30.4 Å². The van der Waals surface area contributed by atoms with Gasteiger partial charge in [0.1, 0.15) is 0 Å². The summed E-state index contributed by atoms with van der Waals surface area (Å²) in [6.45, 7) is 3.94. The predicted octanol–water partition coefficient (Wildman–Crippen LogP) is 1.76. The molecule has 1 saturated heterocycles. The van der Waals surface area contributed by atoms with Crippen LogP contribution in [0.25, 0.3) is 0 Å². The first-order valence-electron chi connectivity index (χ1n) is 7.51. The highest BCUT2D eigenvalue weighted by molar-refractivity contribution is 14.0. The van der Waals surface area contributed by atoms with Gasteiger partial charge in [0.25, 0.3) is 0 Å². The van der Waals surface area contributed by atoms with Gasteiger partial charge in [-0.1, -0.05) is 18.8 Å². The number of rotatable bonds is 4. The lowest BCUT2D eigenvalue weighted by Crippen LogP contribution is -2.57. The molecule has 2 N–H and O–H groups in total. The molecular formula is C15H27IN4S. The zero-order valence-corrected chi connectivity index (χ0v) is 16.0. The van der Waals surface area contributed by atoms with Crippen LogP contribution in [0.3, 0.4) is 0 Å². The molecule has 1 aliphatic carbocycles. The Balaban J connectivity index is 0.00000220. The topological polar surface area (TPSA) is 39.7 Å². The lowest BCUT2D eigenvalue weighted by atomic mass is 9.94. The molecule has 0 aromatic carbocycles. The summed E-state index contributed by atoms with van der Waals surface area (Å²) in [4.78, 5) is 6.95. The maximum atomic E-state index is 5.29. The quantitative estimate of drug-likeness (QED) is 0.314. The van der Waals surface area contributed by atoms with Crippen molar-refractivity contribution in [3.8, 4) is 12.3 Å². The Labute approximate surface area is 150 Å². The molecule has 0 bridgehead atoms. The number of nitrogens with zero attached hydrogens (tertiary/aromatic N) is 2. The predicted molar refractivity (Wildman–Crippen MR) is 104 cm³/mol. The lowest BCUT2D eigenvalue weighted by Gasteiger charge is -2.43. The Bertz CT molecular complexity index is 368. The molecule has 1 aliphatic heterocycles. The van der Waals surface area contributed by atoms with Gasteiger partial charge in [-0.3, -0.25) is 9.89 Å². The lowest BCUT2D eigenvalue weighted by molar-refractivity contribution is 0.107. The van der Waals surface area contributed by atoms with Crippen LogP contribution in [0, 0.1) is 12.3 Å². The molecule has 0 atom stereocenters. The monoisotopic (exact) mass is 422 g/mol. The molecule has 2 aliphatic rings. The van der Waals surface area contributed by atoms with Crippen molar-refractivity contribution in [1.29, 1.82) is 0 Å². The van der Waals surface area contributed by atoms with Gasteiger partial charge in [0.2, 0.25) is 0 Å². The molecule has 1 saturated carbocycles. The van der Waals surface area contributed by atoms with E-state index < -0.39 is 0 Å². The minimum absolute atomic E-state index is 0. The van der Waals surface area contributed by atoms with Crippen LogP contribution in [-0.4, -0.2) is 61.1 Å². The Hall–Kier alpha value is -0.130. The highest BCUT2D eigenvalue weighted by Gasteiger charge is 2.39. The normalized spacial score (nSPS) is 22.2. The van der Waals surface area contributed by atoms with E-state index in [1.54, 1.807) is 7.05 Å². The minimum atomic E-state index is 0. The Morgan fingerprint density at radius 3 is 2.52 bits per heavy atom. The van der Waals surface area contributed by atoms with Crippen molar-refractivity contribution in [3.05, 3.63) is 0 Å². The molecule has 2 rings (SSSR count). The maximum absolute atomic E-state index is 5.29. The molecule has 4 nitrogen and oxygen atoms in total. The number of halogens is 1. The number of thioether (sulfide) groups is 1. The van der Waals surface area contributed by atoms with Crippen molar-refractivity contribution in [3.63, 3.8) is 0 Å². The Morgan fingerprint density at radius 1 is 1.29 bits per heavy atom. The second-order valence-electron chi connectivity index (χ2n) is 5.51. The third-order valence-corrected chi connectivity index (χ3v) is 5.33. The molecule has 120 valence electrons. The minimum Gasteiger partial charge on any atom is -0.355 e. The first-order chi connectivity index (χ1) is 9.80. The largest absolute Gasteiger partial charge is 0.355 e. The molecule has 21 heavy (non-hydrogen) atoms. The van der Waals surface area contributed by atoms with Crippen molar-refractivity contribution in [1.82, 2.24) is 15.5 Å². The van der Waals surface area contributed by atoms with Gasteiger partial charge in [-0.2, -0.15) is 11.8 Å². The summed E-state index contributed by atoms with van der Waals surface area (Å²) >= 11 is 2.08. The summed E-state index contributed by atoms with van der Waals surface area (Å²) in [5, 5.41) is 6.62. The van der Waals surface area contributed by atoms with Gasteiger partial charge < -0.3 is 10.6 Å². The van der Waals surface area contributed by atoms with Crippen LogP contribution in [0.15, 0.2) is 4.99 Å². The number of hydrogen-bond acceptors (Lipinski definition) is 3. The molecule has 2 fully saturated rings. The van der Waals surface area contributed by atoms with Crippen molar-refractivity contribution in [2.45, 2.75) is 31.2 Å². The van der Waals surface area contributed by atoms with Gasteiger partial charge >= 0.3 is 0 Å². The van der Waals surface area contributed by atoms with Gasteiger partial charge in [0.05, 0.1) is 6.54 Å². The van der Waals surface area contributed by atoms with E-state index in [9.17, 15) is 0 Å². The third kappa shape index (κ3) is 5.22. The number of aliphatic imine (C=N–C) groups is 1. The summed E-state index contributed by atoms with van der Waals surface area (Å²) in [5.41, 5.74) is 0.328. The van der Waals surface area contributed by atoms with Crippen LogP contribution < -0.4 is 10.6 Å². The zero-order valence-electron chi connectivity index (χ0n) is 12.9. The van der Waals surface area contributed by atoms with Crippen molar-refractivity contribution < 1.29 is 0 Å². The van der Waals surface area contributed by atoms with Crippen LogP contribution >= 0.6 is 35.7 Å². The van der Waals surface area contributed by atoms with E-state index >= 15 is 0 Å². The van der Waals surface area contributed by atoms with E-state index in [0.29, 0.717) is 12.1 Å². The van der Waals surface area contributed by atoms with E-state index in [-0.39, 0.29) is 24.0 Å². The summed E-state index contributed by atoms with van der Waals surface area (Å²) in [5.74, 6) is 5.95. The second kappa shape index (κ2) is 9.80. The molecule has 0 spiro atoms. The molecule has 6 heteroatoms. The number of guanidine groups is 1. The fraction of sp³-hybridized carbons (Fsp3) is 0.800. The van der Waals surface area contributed by atoms with Crippen LogP contribution in [0.2, 0.25) is 0 Å². The van der Waals surface area contributed by atoms with Gasteiger partial charge in [-0.25, -0.2) is 0 Å². The SMILES string of the molecule is C#CCNC(=NC)NCC1(N2CCSCC2)CCCC1.I. The first-order valence-corrected chi connectivity index (χ1v) is 8.67. The van der Waals surface area contributed by atoms with E-state index in [1.807, 2.05) is 0 Å². The summed E-state index contributed by atoms with van der Waals surface area (Å²) in [6, 6.07) is 0. The molecule has 1 heterocycles. The second-order valence-corrected chi connectivity index (χ2v) is 6.74. The molecule has 0 amide bonds. The third-order valence-electron chi connectivity index (χ3n) is 4.38. The zero-order chi connectivity index (χ0) is 14.3. The van der Waals surface area contributed by atoms with E-state index in [2.05, 4.69) is 38.2 Å². The van der Waals surface area contributed by atoms with Crippen LogP contribution in [0.1, 0.15) is 25.7 Å². The van der Waals surface area contributed by atoms with Gasteiger partial charge in [0, 0.05) is 43.7 Å². The van der Waals surface area contributed by atoms with Crippen LogP contribution in [-0.2, 0) is 0 Å². The Morgan fingerprint density at radius 2 is 1.95 bits per heavy atom. The fourth-order valence-corrected chi connectivity index (χ4v) is 4.18. The van der Waals surface area contributed by atoms with Crippen LogP contribution in [0.5, 0.6) is 0 Å². The summed E-state index contributed by atoms with van der Waals surface area (Å²) in [7, 11) is 1.80. The van der Waals surface area contributed by atoms with Gasteiger partial charge in [-0.05, 0) is 12.8 Å². The standard InChI is InChI=1S/C15H26N4S.HI/c1-3-8-17-14(16-2)18-13-15(6-4-5-7-15)19-9-11-20-12-10-19;/h1H,4-13H2,2H3,(H2,16,17,18);1H. The average Bonchev–Trinajstić information content (AvgIpc) is 2.98. The average molecular weight is 422 g/mol. The number of hydrogen-bond donors (Lipinski definition) is 2. The number of terminal acetylenes is 1. The van der Waals surface area contributed by atoms with Crippen molar-refractivity contribution in [2.24, 2.45) is 4.99 Å². The first kappa shape index (κ1) is 18.9. The molecule has 0 radical (unpaired) electrons. The smallest absolute Gasteiger partial charge is 0.191 e. The summed E-state index contributed by atoms with van der Waals surface area (Å²) in [6.07, 6.45) is 10.6. The van der Waals surface area contributed by atoms with E-state index in [4.69, 9.17) is 6.42 Å². The highest BCUT2D eigenvalue weighted by atomic mass is 127.